The molecule has 0 bridgehead atoms. The summed E-state index contributed by atoms with van der Waals surface area (Å²) in [5.74, 6) is 2.25. The summed E-state index contributed by atoms with van der Waals surface area (Å²) in [6.07, 6.45) is 4.60. The van der Waals surface area contributed by atoms with E-state index in [0.717, 1.165) is 0 Å². The number of hydrogen-bond donors (Lipinski definition) is 0. The fourth-order valence-corrected chi connectivity index (χ4v) is 0.663. The second-order valence-corrected chi connectivity index (χ2v) is 2.37. The molecular formula is C11H14. The Morgan fingerprint density at radius 1 is 1.09 bits per heavy atom. The molecule has 0 unspecified atom stereocenters. The second-order valence-electron chi connectivity index (χ2n) is 2.37. The lowest BCUT2D eigenvalue weighted by atomic mass is 10.1. The Balaban J connectivity index is 0.000000292. The lowest BCUT2D eigenvalue weighted by Gasteiger charge is -1.93. The summed E-state index contributed by atoms with van der Waals surface area (Å²) in [6.45, 7) is 5.89. The zero-order chi connectivity index (χ0) is 8.69. The first-order chi connectivity index (χ1) is 5.22. The van der Waals surface area contributed by atoms with Crippen LogP contribution in [-0.2, 0) is 0 Å². The molecule has 1 aromatic rings. The number of rotatable bonds is 0. The molecule has 0 saturated heterocycles. The molecule has 0 aliphatic carbocycles. The molecule has 1 rings (SSSR count). The van der Waals surface area contributed by atoms with E-state index in [2.05, 4.69) is 50.5 Å². The van der Waals surface area contributed by atoms with Gasteiger partial charge in [-0.15, -0.1) is 12.3 Å². The highest BCUT2D eigenvalue weighted by molar-refractivity contribution is 5.23. The maximum Gasteiger partial charge on any atom is -0.00297 e. The highest BCUT2D eigenvalue weighted by Gasteiger charge is 1.83. The van der Waals surface area contributed by atoms with Crippen molar-refractivity contribution in [2.75, 3.05) is 0 Å². The SMILES string of the molecule is C#CC.Cc1ccccc1C. The van der Waals surface area contributed by atoms with Crippen LogP contribution in [0, 0.1) is 26.2 Å². The maximum absolute atomic E-state index is 4.60. The lowest BCUT2D eigenvalue weighted by molar-refractivity contribution is 1.34. The third kappa shape index (κ3) is 4.22. The lowest BCUT2D eigenvalue weighted by Crippen LogP contribution is -1.74. The van der Waals surface area contributed by atoms with Gasteiger partial charge in [-0.25, -0.2) is 0 Å². The summed E-state index contributed by atoms with van der Waals surface area (Å²) in [6, 6.07) is 8.36. The van der Waals surface area contributed by atoms with Crippen molar-refractivity contribution in [3.05, 3.63) is 35.4 Å². The molecule has 0 heteroatoms. The zero-order valence-electron chi connectivity index (χ0n) is 7.39. The Labute approximate surface area is 69.3 Å². The molecule has 0 aliphatic rings. The van der Waals surface area contributed by atoms with E-state index in [4.69, 9.17) is 0 Å². The molecule has 0 heterocycles. The van der Waals surface area contributed by atoms with Crippen molar-refractivity contribution in [1.29, 1.82) is 0 Å². The molecular weight excluding hydrogens is 132 g/mol. The minimum atomic E-state index is 1.37. The quantitative estimate of drug-likeness (QED) is 0.494. The van der Waals surface area contributed by atoms with Gasteiger partial charge in [0.25, 0.3) is 0 Å². The third-order valence-corrected chi connectivity index (χ3v) is 1.43. The van der Waals surface area contributed by atoms with Crippen molar-refractivity contribution in [1.82, 2.24) is 0 Å². The van der Waals surface area contributed by atoms with Gasteiger partial charge in [0.1, 0.15) is 0 Å². The molecule has 11 heavy (non-hydrogen) atoms. The van der Waals surface area contributed by atoms with E-state index >= 15 is 0 Å². The first kappa shape index (κ1) is 9.78. The molecule has 0 aliphatic heterocycles. The molecule has 0 spiro atoms. The summed E-state index contributed by atoms with van der Waals surface area (Å²) in [4.78, 5) is 0. The van der Waals surface area contributed by atoms with E-state index in [1.165, 1.54) is 11.1 Å². The van der Waals surface area contributed by atoms with Crippen molar-refractivity contribution in [3.8, 4) is 12.3 Å². The summed E-state index contributed by atoms with van der Waals surface area (Å²) < 4.78 is 0. The Bertz CT molecular complexity index is 219. The van der Waals surface area contributed by atoms with Crippen LogP contribution in [0.25, 0.3) is 0 Å². The van der Waals surface area contributed by atoms with Gasteiger partial charge in [0.05, 0.1) is 0 Å². The van der Waals surface area contributed by atoms with Gasteiger partial charge in [0, 0.05) is 0 Å². The van der Waals surface area contributed by atoms with E-state index in [1.807, 2.05) is 0 Å². The summed E-state index contributed by atoms with van der Waals surface area (Å²) in [5, 5.41) is 0. The molecule has 0 radical (unpaired) electrons. The first-order valence-electron chi connectivity index (χ1n) is 3.62. The van der Waals surface area contributed by atoms with Gasteiger partial charge in [-0.2, -0.15) is 0 Å². The van der Waals surface area contributed by atoms with Crippen LogP contribution in [-0.4, -0.2) is 0 Å². The molecule has 1 aromatic carbocycles. The molecule has 0 fully saturated rings. The van der Waals surface area contributed by atoms with Gasteiger partial charge in [0.2, 0.25) is 0 Å². The highest BCUT2D eigenvalue weighted by Crippen LogP contribution is 2.02. The summed E-state index contributed by atoms with van der Waals surface area (Å²) in [5.41, 5.74) is 2.74. The largest absolute Gasteiger partial charge is 0.120 e. The molecule has 0 saturated carbocycles. The Morgan fingerprint density at radius 2 is 1.36 bits per heavy atom. The highest BCUT2D eigenvalue weighted by atomic mass is 13.9. The number of aryl methyl sites for hydroxylation is 2. The molecule has 0 nitrogen and oxygen atoms in total. The van der Waals surface area contributed by atoms with Crippen LogP contribution in [0.15, 0.2) is 24.3 Å². The van der Waals surface area contributed by atoms with Gasteiger partial charge >= 0.3 is 0 Å². The molecule has 0 aromatic heterocycles. The molecule has 0 amide bonds. The summed E-state index contributed by atoms with van der Waals surface area (Å²) >= 11 is 0. The molecule has 0 N–H and O–H groups in total. The monoisotopic (exact) mass is 146 g/mol. The van der Waals surface area contributed by atoms with Crippen molar-refractivity contribution in [2.24, 2.45) is 0 Å². The Morgan fingerprint density at radius 3 is 1.55 bits per heavy atom. The van der Waals surface area contributed by atoms with E-state index in [1.54, 1.807) is 6.92 Å². The van der Waals surface area contributed by atoms with E-state index < -0.39 is 0 Å². The number of terminal acetylenes is 1. The average Bonchev–Trinajstić information content (AvgIpc) is 1.97. The second kappa shape index (κ2) is 5.56. The molecule has 58 valence electrons. The summed E-state index contributed by atoms with van der Waals surface area (Å²) in [7, 11) is 0. The van der Waals surface area contributed by atoms with Crippen LogP contribution in [0.4, 0.5) is 0 Å². The van der Waals surface area contributed by atoms with Crippen LogP contribution in [0.3, 0.4) is 0 Å². The van der Waals surface area contributed by atoms with Crippen LogP contribution < -0.4 is 0 Å². The van der Waals surface area contributed by atoms with E-state index in [-0.39, 0.29) is 0 Å². The minimum Gasteiger partial charge on any atom is -0.120 e. The number of benzene rings is 1. The molecule has 0 atom stereocenters. The number of hydrogen-bond acceptors (Lipinski definition) is 0. The average molecular weight is 146 g/mol. The van der Waals surface area contributed by atoms with Gasteiger partial charge in [-0.1, -0.05) is 24.3 Å². The standard InChI is InChI=1S/C8H10.C3H4/c1-7-5-3-4-6-8(7)2;1-3-2/h3-6H,1-2H3;1H,2H3. The maximum atomic E-state index is 4.60. The van der Waals surface area contributed by atoms with Gasteiger partial charge < -0.3 is 0 Å². The zero-order valence-corrected chi connectivity index (χ0v) is 7.39. The minimum absolute atomic E-state index is 1.37. The topological polar surface area (TPSA) is 0 Å². The van der Waals surface area contributed by atoms with Crippen LogP contribution in [0.2, 0.25) is 0 Å². The normalized spacial score (nSPS) is 7.45. The fourth-order valence-electron chi connectivity index (χ4n) is 0.663. The Kier molecular flexibility index (Phi) is 4.94. The fraction of sp³-hybridized carbons (Fsp3) is 0.273. The predicted molar refractivity (Wildman–Crippen MR) is 50.4 cm³/mol. The van der Waals surface area contributed by atoms with Gasteiger partial charge in [-0.05, 0) is 31.9 Å². The predicted octanol–water partition coefficient (Wildman–Crippen LogP) is 2.94. The van der Waals surface area contributed by atoms with Crippen molar-refractivity contribution >= 4 is 0 Å². The van der Waals surface area contributed by atoms with E-state index in [9.17, 15) is 0 Å². The van der Waals surface area contributed by atoms with Crippen LogP contribution in [0.1, 0.15) is 18.1 Å². The van der Waals surface area contributed by atoms with Crippen LogP contribution in [0.5, 0.6) is 0 Å². The van der Waals surface area contributed by atoms with Crippen molar-refractivity contribution in [3.63, 3.8) is 0 Å². The van der Waals surface area contributed by atoms with Gasteiger partial charge in [0.15, 0.2) is 0 Å². The smallest absolute Gasteiger partial charge is 0.00297 e. The first-order valence-corrected chi connectivity index (χ1v) is 3.62. The third-order valence-electron chi connectivity index (χ3n) is 1.43. The van der Waals surface area contributed by atoms with Crippen molar-refractivity contribution < 1.29 is 0 Å². The van der Waals surface area contributed by atoms with E-state index in [0.29, 0.717) is 0 Å². The van der Waals surface area contributed by atoms with Crippen molar-refractivity contribution in [2.45, 2.75) is 20.8 Å². The Hall–Kier alpha value is -1.22. The van der Waals surface area contributed by atoms with Gasteiger partial charge in [-0.3, -0.25) is 0 Å². The van der Waals surface area contributed by atoms with Crippen LogP contribution >= 0.6 is 0 Å².